The summed E-state index contributed by atoms with van der Waals surface area (Å²) in [6.45, 7) is 7.81. The van der Waals surface area contributed by atoms with Crippen LogP contribution in [0.4, 0.5) is 0 Å². The first-order valence-electron chi connectivity index (χ1n) is 13.4. The first-order chi connectivity index (χ1) is 18.4. The third-order valence-electron chi connectivity index (χ3n) is 7.53. The van der Waals surface area contributed by atoms with Crippen molar-refractivity contribution in [2.45, 2.75) is 69.1 Å². The molecule has 1 aliphatic carbocycles. The number of aromatic nitrogens is 1. The number of carbonyl (C=O) groups is 3. The van der Waals surface area contributed by atoms with E-state index in [9.17, 15) is 14.4 Å². The van der Waals surface area contributed by atoms with E-state index in [1.807, 2.05) is 30.3 Å². The highest BCUT2D eigenvalue weighted by atomic mass is 16.5. The number of amides is 2. The van der Waals surface area contributed by atoms with Crippen molar-refractivity contribution in [3.8, 4) is 5.75 Å². The van der Waals surface area contributed by atoms with Crippen LogP contribution in [0, 0.1) is 5.92 Å². The van der Waals surface area contributed by atoms with Crippen LogP contribution >= 0.6 is 0 Å². The van der Waals surface area contributed by atoms with E-state index >= 15 is 0 Å². The Morgan fingerprint density at radius 1 is 1.16 bits per heavy atom. The molecule has 2 aromatic rings. The average molecular weight is 520 g/mol. The summed E-state index contributed by atoms with van der Waals surface area (Å²) in [6, 6.07) is 8.75. The minimum atomic E-state index is -1.12. The number of pyridine rings is 1. The number of nitrogens with one attached hydrogen (secondary N) is 1. The summed E-state index contributed by atoms with van der Waals surface area (Å²) >= 11 is 0. The molecule has 4 atom stereocenters. The van der Waals surface area contributed by atoms with Crippen LogP contribution in [-0.4, -0.2) is 59.0 Å². The van der Waals surface area contributed by atoms with E-state index in [-0.39, 0.29) is 23.8 Å². The van der Waals surface area contributed by atoms with E-state index in [0.29, 0.717) is 31.6 Å². The maximum absolute atomic E-state index is 13.5. The Labute approximate surface area is 224 Å². The SMILES string of the molecule is C=CCCCCCCC(=O)N1C[C@H](Oc2ccnc3ccccc23)C[C@H]1C(=O)N[C@]1(C(=O)OC)C[C@H]1C=C. The van der Waals surface area contributed by atoms with Crippen LogP contribution in [0.3, 0.4) is 0 Å². The standard InChI is InChI=1S/C30H37N3O5/c1-4-6-7-8-9-10-15-27(34)33-20-22(38-26-16-17-31-24-14-12-11-13-23(24)26)18-25(33)28(35)32-30(29(36)37-3)19-21(30)5-2/h4-5,11-14,16-17,21-22,25H,1-2,6-10,15,18-20H2,3H3,(H,32,35)/t21-,22-,25+,30-/m1/s1. The van der Waals surface area contributed by atoms with Crippen molar-refractivity contribution in [2.75, 3.05) is 13.7 Å². The molecule has 1 saturated heterocycles. The highest BCUT2D eigenvalue weighted by molar-refractivity contribution is 5.95. The summed E-state index contributed by atoms with van der Waals surface area (Å²) in [6.07, 6.45) is 10.8. The molecule has 8 nitrogen and oxygen atoms in total. The first-order valence-corrected chi connectivity index (χ1v) is 13.4. The Morgan fingerprint density at radius 2 is 1.95 bits per heavy atom. The van der Waals surface area contributed by atoms with E-state index in [2.05, 4.69) is 23.5 Å². The van der Waals surface area contributed by atoms with Crippen molar-refractivity contribution < 1.29 is 23.9 Å². The average Bonchev–Trinajstić information content (AvgIpc) is 3.48. The van der Waals surface area contributed by atoms with Crippen molar-refractivity contribution in [1.29, 1.82) is 0 Å². The molecule has 8 heteroatoms. The summed E-state index contributed by atoms with van der Waals surface area (Å²) < 4.78 is 11.3. The zero-order valence-corrected chi connectivity index (χ0v) is 22.1. The van der Waals surface area contributed by atoms with Crippen molar-refractivity contribution in [3.63, 3.8) is 0 Å². The predicted molar refractivity (Wildman–Crippen MR) is 145 cm³/mol. The largest absolute Gasteiger partial charge is 0.488 e. The Kier molecular flexibility index (Phi) is 8.81. The third kappa shape index (κ3) is 5.90. The number of ether oxygens (including phenoxy) is 2. The van der Waals surface area contributed by atoms with Crippen LogP contribution in [-0.2, 0) is 19.1 Å². The molecule has 202 valence electrons. The van der Waals surface area contributed by atoms with Gasteiger partial charge in [0, 0.05) is 30.3 Å². The number of allylic oxidation sites excluding steroid dienone is 1. The number of hydrogen-bond acceptors (Lipinski definition) is 6. The number of hydrogen-bond donors (Lipinski definition) is 1. The minimum absolute atomic E-state index is 0.0808. The Bertz CT molecular complexity index is 1190. The monoisotopic (exact) mass is 519 g/mol. The first kappa shape index (κ1) is 27.4. The Hall–Kier alpha value is -3.68. The topological polar surface area (TPSA) is 97.8 Å². The van der Waals surface area contributed by atoms with Crippen LogP contribution in [0.5, 0.6) is 5.75 Å². The molecule has 0 radical (unpaired) electrons. The second-order valence-electron chi connectivity index (χ2n) is 10.1. The quantitative estimate of drug-likeness (QED) is 0.240. The van der Waals surface area contributed by atoms with Crippen molar-refractivity contribution >= 4 is 28.7 Å². The summed E-state index contributed by atoms with van der Waals surface area (Å²) in [5.41, 5.74) is -0.306. The van der Waals surface area contributed by atoms with Crippen LogP contribution in [0.25, 0.3) is 10.9 Å². The van der Waals surface area contributed by atoms with Gasteiger partial charge >= 0.3 is 5.97 Å². The molecule has 1 saturated carbocycles. The van der Waals surface area contributed by atoms with E-state index in [1.165, 1.54) is 7.11 Å². The lowest BCUT2D eigenvalue weighted by molar-refractivity contribution is -0.148. The lowest BCUT2D eigenvalue weighted by Gasteiger charge is -2.26. The molecular weight excluding hydrogens is 482 g/mol. The van der Waals surface area contributed by atoms with Gasteiger partial charge in [-0.2, -0.15) is 0 Å². The van der Waals surface area contributed by atoms with Gasteiger partial charge in [0.05, 0.1) is 19.2 Å². The normalized spacial score (nSPS) is 24.0. The molecule has 1 aromatic carbocycles. The fourth-order valence-corrected chi connectivity index (χ4v) is 5.31. The zero-order chi connectivity index (χ0) is 27.1. The van der Waals surface area contributed by atoms with Crippen LogP contribution in [0.15, 0.2) is 61.8 Å². The maximum Gasteiger partial charge on any atom is 0.332 e. The van der Waals surface area contributed by atoms with Crippen LogP contribution < -0.4 is 10.1 Å². The van der Waals surface area contributed by atoms with Gasteiger partial charge in [0.2, 0.25) is 11.8 Å². The molecule has 2 heterocycles. The molecule has 4 rings (SSSR count). The Balaban J connectivity index is 1.48. The second-order valence-corrected chi connectivity index (χ2v) is 10.1. The molecule has 38 heavy (non-hydrogen) atoms. The molecular formula is C30H37N3O5. The fraction of sp³-hybridized carbons (Fsp3) is 0.467. The summed E-state index contributed by atoms with van der Waals surface area (Å²) in [4.78, 5) is 45.3. The number of esters is 1. The Morgan fingerprint density at radius 3 is 2.68 bits per heavy atom. The molecule has 1 N–H and O–H groups in total. The molecule has 0 unspecified atom stereocenters. The lowest BCUT2D eigenvalue weighted by atomic mass is 10.1. The summed E-state index contributed by atoms with van der Waals surface area (Å²) in [5.74, 6) is -0.485. The molecule has 2 fully saturated rings. The van der Waals surface area contributed by atoms with E-state index in [0.717, 1.165) is 43.0 Å². The number of unbranched alkanes of at least 4 members (excludes halogenated alkanes) is 4. The fourth-order valence-electron chi connectivity index (χ4n) is 5.31. The van der Waals surface area contributed by atoms with E-state index in [1.54, 1.807) is 23.2 Å². The van der Waals surface area contributed by atoms with Gasteiger partial charge in [-0.3, -0.25) is 14.6 Å². The van der Waals surface area contributed by atoms with Gasteiger partial charge in [-0.15, -0.1) is 13.2 Å². The van der Waals surface area contributed by atoms with Crippen molar-refractivity contribution in [2.24, 2.45) is 5.92 Å². The van der Waals surface area contributed by atoms with Crippen LogP contribution in [0.2, 0.25) is 0 Å². The number of likely N-dealkylation sites (tertiary alicyclic amines) is 1. The van der Waals surface area contributed by atoms with E-state index in [4.69, 9.17) is 9.47 Å². The van der Waals surface area contributed by atoms with Gasteiger partial charge in [0.15, 0.2) is 0 Å². The van der Waals surface area contributed by atoms with Crippen LogP contribution in [0.1, 0.15) is 51.4 Å². The molecule has 2 aliphatic rings. The summed E-state index contributed by atoms with van der Waals surface area (Å²) in [7, 11) is 1.30. The van der Waals surface area contributed by atoms with Gasteiger partial charge in [-0.25, -0.2) is 4.79 Å². The predicted octanol–water partition coefficient (Wildman–Crippen LogP) is 4.34. The van der Waals surface area contributed by atoms with Gasteiger partial charge < -0.3 is 19.7 Å². The zero-order valence-electron chi connectivity index (χ0n) is 22.1. The minimum Gasteiger partial charge on any atom is -0.488 e. The third-order valence-corrected chi connectivity index (χ3v) is 7.53. The van der Waals surface area contributed by atoms with Gasteiger partial charge in [-0.05, 0) is 43.9 Å². The number of para-hydroxylation sites is 1. The van der Waals surface area contributed by atoms with Gasteiger partial charge in [0.1, 0.15) is 23.4 Å². The number of carbonyl (C=O) groups excluding carboxylic acids is 3. The number of rotatable bonds is 13. The van der Waals surface area contributed by atoms with Gasteiger partial charge in [-0.1, -0.05) is 37.1 Å². The number of fused-ring (bicyclic) bond motifs is 1. The number of nitrogens with zero attached hydrogens (tertiary/aromatic N) is 2. The summed E-state index contributed by atoms with van der Waals surface area (Å²) in [5, 5.41) is 3.77. The lowest BCUT2D eigenvalue weighted by Crippen LogP contribution is -2.53. The number of methoxy groups -OCH3 is 1. The highest BCUT2D eigenvalue weighted by Gasteiger charge is 2.61. The molecule has 0 bridgehead atoms. The highest BCUT2D eigenvalue weighted by Crippen LogP contribution is 2.45. The van der Waals surface area contributed by atoms with Crippen molar-refractivity contribution in [3.05, 3.63) is 61.8 Å². The van der Waals surface area contributed by atoms with Crippen molar-refractivity contribution in [1.82, 2.24) is 15.2 Å². The van der Waals surface area contributed by atoms with E-state index < -0.39 is 17.6 Å². The number of benzene rings is 1. The molecule has 2 amide bonds. The maximum atomic E-state index is 13.5. The van der Waals surface area contributed by atoms with Gasteiger partial charge in [0.25, 0.3) is 0 Å². The molecule has 0 spiro atoms. The molecule has 1 aromatic heterocycles. The molecule has 1 aliphatic heterocycles. The second kappa shape index (κ2) is 12.2. The smallest absolute Gasteiger partial charge is 0.332 e.